The summed E-state index contributed by atoms with van der Waals surface area (Å²) in [5.74, 6) is 0.636. The summed E-state index contributed by atoms with van der Waals surface area (Å²) in [6, 6.07) is 28.7. The molecule has 5 rings (SSSR count). The van der Waals surface area contributed by atoms with Gasteiger partial charge in [-0.05, 0) is 84.1 Å². The van der Waals surface area contributed by atoms with Gasteiger partial charge in [0, 0.05) is 43.1 Å². The molecule has 210 valence electrons. The van der Waals surface area contributed by atoms with E-state index in [1.165, 1.54) is 11.9 Å². The van der Waals surface area contributed by atoms with Crippen LogP contribution >= 0.6 is 23.5 Å². The van der Waals surface area contributed by atoms with E-state index in [-0.39, 0.29) is 11.8 Å². The number of hydrogen-bond acceptors (Lipinski definition) is 6. The third kappa shape index (κ3) is 7.14. The summed E-state index contributed by atoms with van der Waals surface area (Å²) >= 11 is 7.56. The lowest BCUT2D eigenvalue weighted by Gasteiger charge is -2.31. The third-order valence-electron chi connectivity index (χ3n) is 6.75. The van der Waals surface area contributed by atoms with Crippen molar-refractivity contribution in [2.24, 2.45) is 0 Å². The zero-order chi connectivity index (χ0) is 28.6. The topological polar surface area (TPSA) is 82.7 Å². The van der Waals surface area contributed by atoms with Gasteiger partial charge in [-0.25, -0.2) is 0 Å². The zero-order valence-electron chi connectivity index (χ0n) is 22.7. The second-order valence-electron chi connectivity index (χ2n) is 9.54. The lowest BCUT2D eigenvalue weighted by molar-refractivity contribution is 0.0651. The predicted molar refractivity (Wildman–Crippen MR) is 167 cm³/mol. The number of nitrogens with zero attached hydrogens (tertiary/aromatic N) is 1. The van der Waals surface area contributed by atoms with Crippen LogP contribution in [0.4, 0.5) is 11.4 Å². The highest BCUT2D eigenvalue weighted by molar-refractivity contribution is 8.00. The minimum atomic E-state index is -0.199. The second-order valence-corrected chi connectivity index (χ2v) is 10.8. The van der Waals surface area contributed by atoms with Gasteiger partial charge in [0.05, 0.1) is 22.6 Å². The van der Waals surface area contributed by atoms with Gasteiger partial charge in [0.2, 0.25) is 0 Å². The monoisotopic (exact) mass is 586 g/mol. The Morgan fingerprint density at radius 3 is 2.44 bits per heavy atom. The molecule has 0 saturated carbocycles. The number of ether oxygens (including phenoxy) is 1. The maximum atomic E-state index is 12.7. The van der Waals surface area contributed by atoms with Crippen molar-refractivity contribution in [3.05, 3.63) is 107 Å². The van der Waals surface area contributed by atoms with E-state index >= 15 is 0 Å². The fraction of sp³-hybridized carbons (Fsp3) is 0.188. The quantitative estimate of drug-likeness (QED) is 0.132. The molecule has 1 aliphatic heterocycles. The average Bonchev–Trinajstić information content (AvgIpc) is 2.97. The van der Waals surface area contributed by atoms with Crippen LogP contribution in [0.3, 0.4) is 0 Å². The Morgan fingerprint density at radius 1 is 0.878 bits per heavy atom. The Kier molecular flexibility index (Phi) is 9.33. The van der Waals surface area contributed by atoms with Gasteiger partial charge >= 0.3 is 0 Å². The van der Waals surface area contributed by atoms with Gasteiger partial charge in [-0.1, -0.05) is 48.0 Å². The first-order valence-corrected chi connectivity index (χ1v) is 14.6. The molecular formula is C32H31ClN4O3S. The zero-order valence-corrected chi connectivity index (χ0v) is 24.2. The molecule has 4 aromatic carbocycles. The first-order chi connectivity index (χ1) is 20.0. The summed E-state index contributed by atoms with van der Waals surface area (Å²) in [7, 11) is 1.65. The van der Waals surface area contributed by atoms with Crippen LogP contribution in [0.2, 0.25) is 5.02 Å². The molecule has 0 radical (unpaired) electrons. The molecular weight excluding hydrogens is 556 g/mol. The van der Waals surface area contributed by atoms with E-state index in [4.69, 9.17) is 16.3 Å². The Bertz CT molecular complexity index is 1540. The van der Waals surface area contributed by atoms with Crippen molar-refractivity contribution in [1.29, 1.82) is 0 Å². The second kappa shape index (κ2) is 13.5. The summed E-state index contributed by atoms with van der Waals surface area (Å²) in [6.45, 7) is 2.66. The van der Waals surface area contributed by atoms with Gasteiger partial charge in [-0.2, -0.15) is 0 Å². The first kappa shape index (κ1) is 28.4. The number of likely N-dealkylation sites (tertiary alicyclic amines) is 1. The summed E-state index contributed by atoms with van der Waals surface area (Å²) < 4.78 is 9.01. The predicted octanol–water partition coefficient (Wildman–Crippen LogP) is 6.82. The molecule has 0 aromatic heterocycles. The molecule has 0 atom stereocenters. The average molecular weight is 587 g/mol. The highest BCUT2D eigenvalue weighted by atomic mass is 35.5. The number of hydrogen-bond donors (Lipinski definition) is 3. The van der Waals surface area contributed by atoms with E-state index in [9.17, 15) is 9.59 Å². The first-order valence-electron chi connectivity index (χ1n) is 13.4. The highest BCUT2D eigenvalue weighted by Crippen LogP contribution is 2.35. The Labute approximate surface area is 249 Å². The Morgan fingerprint density at radius 2 is 1.66 bits per heavy atom. The van der Waals surface area contributed by atoms with Crippen LogP contribution in [0.15, 0.2) is 95.9 Å². The molecule has 1 saturated heterocycles. The molecule has 9 heteroatoms. The standard InChI is InChI=1S/C32H31ClN4O3S/c1-40-29-14-13-23(22-7-4-8-24(19-22)32(39)37-17-6-18-37)20-30(29)41-36-26-10-5-9-25(21-26)34-15-16-35-31(38)27-11-2-3-12-28(27)33/h2-5,7-14,19-21,34,36H,6,15-18H2,1H3,(H,35,38). The van der Waals surface area contributed by atoms with Gasteiger partial charge < -0.3 is 25.0 Å². The summed E-state index contributed by atoms with van der Waals surface area (Å²) in [5.41, 5.74) is 4.99. The fourth-order valence-corrected chi connectivity index (χ4v) is 5.41. The number of halogens is 1. The molecule has 2 amide bonds. The lowest BCUT2D eigenvalue weighted by atomic mass is 10.0. The van der Waals surface area contributed by atoms with Crippen LogP contribution in [-0.4, -0.2) is 50.0 Å². The van der Waals surface area contributed by atoms with E-state index in [2.05, 4.69) is 21.4 Å². The smallest absolute Gasteiger partial charge is 0.253 e. The van der Waals surface area contributed by atoms with Crippen LogP contribution in [0, 0.1) is 0 Å². The largest absolute Gasteiger partial charge is 0.496 e. The summed E-state index contributed by atoms with van der Waals surface area (Å²) in [6.07, 6.45) is 1.07. The summed E-state index contributed by atoms with van der Waals surface area (Å²) in [4.78, 5) is 27.8. The molecule has 4 aromatic rings. The molecule has 0 aliphatic carbocycles. The molecule has 41 heavy (non-hydrogen) atoms. The van der Waals surface area contributed by atoms with Gasteiger partial charge in [-0.15, -0.1) is 0 Å². The minimum Gasteiger partial charge on any atom is -0.496 e. The minimum absolute atomic E-state index is 0.0827. The molecule has 0 spiro atoms. The normalized spacial score (nSPS) is 12.3. The number of anilines is 2. The molecule has 1 fully saturated rings. The fourth-order valence-electron chi connectivity index (χ4n) is 4.40. The lowest BCUT2D eigenvalue weighted by Crippen LogP contribution is -2.41. The van der Waals surface area contributed by atoms with Crippen LogP contribution < -0.4 is 20.1 Å². The number of methoxy groups -OCH3 is 1. The van der Waals surface area contributed by atoms with Crippen LogP contribution in [-0.2, 0) is 0 Å². The number of benzene rings is 4. The molecule has 1 aliphatic rings. The Hall–Kier alpha value is -4.14. The van der Waals surface area contributed by atoms with Crippen LogP contribution in [0.5, 0.6) is 5.75 Å². The highest BCUT2D eigenvalue weighted by Gasteiger charge is 2.21. The van der Waals surface area contributed by atoms with Crippen molar-refractivity contribution in [3.63, 3.8) is 0 Å². The number of carbonyl (C=O) groups is 2. The van der Waals surface area contributed by atoms with Crippen LogP contribution in [0.25, 0.3) is 11.1 Å². The molecule has 3 N–H and O–H groups in total. The number of carbonyl (C=O) groups excluding carboxylic acids is 2. The molecule has 1 heterocycles. The number of amides is 2. The molecule has 0 bridgehead atoms. The van der Waals surface area contributed by atoms with Crippen molar-refractivity contribution in [3.8, 4) is 16.9 Å². The van der Waals surface area contributed by atoms with Crippen molar-refractivity contribution in [2.45, 2.75) is 11.3 Å². The van der Waals surface area contributed by atoms with Crippen molar-refractivity contribution < 1.29 is 14.3 Å². The number of nitrogens with one attached hydrogen (secondary N) is 3. The number of rotatable bonds is 11. The molecule has 0 unspecified atom stereocenters. The van der Waals surface area contributed by atoms with E-state index < -0.39 is 0 Å². The van der Waals surface area contributed by atoms with Crippen molar-refractivity contribution in [1.82, 2.24) is 10.2 Å². The molecule has 7 nitrogen and oxygen atoms in total. The van der Waals surface area contributed by atoms with Gasteiger partial charge in [0.1, 0.15) is 5.75 Å². The van der Waals surface area contributed by atoms with E-state index in [0.717, 1.165) is 52.7 Å². The SMILES string of the molecule is COc1ccc(-c2cccc(C(=O)N3CCC3)c2)cc1SNc1cccc(NCCNC(=O)c2ccccc2Cl)c1. The van der Waals surface area contributed by atoms with E-state index in [0.29, 0.717) is 29.2 Å². The van der Waals surface area contributed by atoms with Gasteiger partial charge in [-0.3, -0.25) is 9.59 Å². The van der Waals surface area contributed by atoms with Gasteiger partial charge in [0.15, 0.2) is 0 Å². The van der Waals surface area contributed by atoms with Crippen molar-refractivity contribution in [2.75, 3.05) is 43.3 Å². The third-order valence-corrected chi connectivity index (χ3v) is 7.96. The maximum Gasteiger partial charge on any atom is 0.253 e. The maximum absolute atomic E-state index is 12.7. The summed E-state index contributed by atoms with van der Waals surface area (Å²) in [5, 5.41) is 6.65. The van der Waals surface area contributed by atoms with E-state index in [1.54, 1.807) is 31.4 Å². The van der Waals surface area contributed by atoms with Gasteiger partial charge in [0.25, 0.3) is 11.8 Å². The van der Waals surface area contributed by atoms with Crippen molar-refractivity contribution >= 4 is 46.7 Å². The van der Waals surface area contributed by atoms with E-state index in [1.807, 2.05) is 65.6 Å². The van der Waals surface area contributed by atoms with Crippen LogP contribution in [0.1, 0.15) is 27.1 Å². The Balaban J connectivity index is 1.19.